The van der Waals surface area contributed by atoms with Gasteiger partial charge in [-0.3, -0.25) is 0 Å². The molecule has 5 heteroatoms. The van der Waals surface area contributed by atoms with Crippen LogP contribution in [0.2, 0.25) is 0 Å². The van der Waals surface area contributed by atoms with Crippen LogP contribution >= 0.6 is 0 Å². The van der Waals surface area contributed by atoms with Gasteiger partial charge in [0.15, 0.2) is 17.5 Å². The smallest absolute Gasteiger partial charge is 0.166 e. The van der Waals surface area contributed by atoms with E-state index >= 15 is 0 Å². The van der Waals surface area contributed by atoms with Crippen LogP contribution < -0.4 is 0 Å². The van der Waals surface area contributed by atoms with Crippen molar-refractivity contribution in [1.29, 1.82) is 5.26 Å². The number of nitriles is 1. The Hall–Kier alpha value is -7.94. The molecular weight excluding hydrogens is 743 g/mol. The predicted molar refractivity (Wildman–Crippen MR) is 250 cm³/mol. The van der Waals surface area contributed by atoms with Gasteiger partial charge >= 0.3 is 0 Å². The summed E-state index contributed by atoms with van der Waals surface area (Å²) in [5.74, 6) is 1.75. The zero-order chi connectivity index (χ0) is 41.6. The maximum absolute atomic E-state index is 9.91. The first kappa shape index (κ1) is 37.3. The highest BCUT2D eigenvalue weighted by Crippen LogP contribution is 2.41. The number of nitrogens with zero attached hydrogens (tertiary/aromatic N) is 5. The van der Waals surface area contributed by atoms with Crippen LogP contribution in [0, 0.1) is 39.0 Å². The van der Waals surface area contributed by atoms with Gasteiger partial charge in [-0.1, -0.05) is 162 Å². The van der Waals surface area contributed by atoms with Crippen molar-refractivity contribution in [3.05, 3.63) is 204 Å². The number of hydrogen-bond acceptors (Lipinski definition) is 4. The van der Waals surface area contributed by atoms with Crippen molar-refractivity contribution in [2.75, 3.05) is 0 Å². The summed E-state index contributed by atoms with van der Waals surface area (Å²) in [4.78, 5) is 15.5. The third-order valence-electron chi connectivity index (χ3n) is 11.4. The summed E-state index contributed by atoms with van der Waals surface area (Å²) in [6, 6.07) is 63.9. The third kappa shape index (κ3) is 7.15. The molecule has 290 valence electrons. The van der Waals surface area contributed by atoms with Crippen LogP contribution in [0.5, 0.6) is 0 Å². The van der Waals surface area contributed by atoms with E-state index in [1.807, 2.05) is 78.9 Å². The van der Waals surface area contributed by atoms with Crippen molar-refractivity contribution in [1.82, 2.24) is 19.5 Å². The molecule has 5 nitrogen and oxygen atoms in total. The van der Waals surface area contributed by atoms with Crippen LogP contribution in [0.25, 0.3) is 95.0 Å². The second-order valence-corrected chi connectivity index (χ2v) is 16.0. The molecular formula is C56H41N5. The van der Waals surface area contributed by atoms with Crippen molar-refractivity contribution in [2.45, 2.75) is 27.7 Å². The van der Waals surface area contributed by atoms with Gasteiger partial charge in [-0.2, -0.15) is 5.26 Å². The first-order valence-electron chi connectivity index (χ1n) is 20.6. The highest BCUT2D eigenvalue weighted by molar-refractivity contribution is 6.11. The fourth-order valence-electron chi connectivity index (χ4n) is 8.70. The van der Waals surface area contributed by atoms with Crippen molar-refractivity contribution in [3.8, 4) is 79.3 Å². The monoisotopic (exact) mass is 783 g/mol. The topological polar surface area (TPSA) is 67.4 Å². The van der Waals surface area contributed by atoms with Crippen molar-refractivity contribution in [3.63, 3.8) is 0 Å². The molecule has 0 aliphatic carbocycles. The summed E-state index contributed by atoms with van der Waals surface area (Å²) in [6.45, 7) is 8.62. The molecule has 0 unspecified atom stereocenters. The molecule has 2 heterocycles. The molecule has 0 aliphatic heterocycles. The molecule has 0 N–H and O–H groups in total. The normalized spacial score (nSPS) is 11.3. The van der Waals surface area contributed by atoms with E-state index in [1.165, 1.54) is 33.4 Å². The van der Waals surface area contributed by atoms with Crippen LogP contribution in [-0.2, 0) is 0 Å². The van der Waals surface area contributed by atoms with E-state index < -0.39 is 0 Å². The van der Waals surface area contributed by atoms with E-state index in [2.05, 4.69) is 135 Å². The average Bonchev–Trinajstić information content (AvgIpc) is 3.61. The molecule has 0 saturated heterocycles. The van der Waals surface area contributed by atoms with Gasteiger partial charge in [0.05, 0.1) is 28.4 Å². The highest BCUT2D eigenvalue weighted by atomic mass is 15.1. The molecule has 8 aromatic carbocycles. The zero-order valence-electron chi connectivity index (χ0n) is 34.5. The van der Waals surface area contributed by atoms with Gasteiger partial charge in [-0.05, 0) is 97.5 Å². The number of aryl methyl sites for hydroxylation is 4. The van der Waals surface area contributed by atoms with Crippen LogP contribution in [0.3, 0.4) is 0 Å². The Morgan fingerprint density at radius 2 is 0.820 bits per heavy atom. The number of benzene rings is 8. The molecule has 0 fully saturated rings. The van der Waals surface area contributed by atoms with Gasteiger partial charge in [0.25, 0.3) is 0 Å². The Bertz CT molecular complexity index is 3150. The SMILES string of the molecule is Cc1cc(C)cc(-c2ccc3c4ccc(-c5cc(C)cc(C)c5)cc4n(-c4cc(-c5cccc(C#N)c5)ccc4-c4nc(-c5ccccc5)nc(-c5ccccc5)n4)c3c2)c1. The molecule has 61 heavy (non-hydrogen) atoms. The largest absolute Gasteiger partial charge is 0.308 e. The first-order valence-corrected chi connectivity index (χ1v) is 20.6. The summed E-state index contributed by atoms with van der Waals surface area (Å²) in [5.41, 5.74) is 17.7. The van der Waals surface area contributed by atoms with Gasteiger partial charge < -0.3 is 4.57 Å². The molecule has 0 bridgehead atoms. The Kier molecular flexibility index (Phi) is 9.39. The molecule has 2 aromatic heterocycles. The van der Waals surface area contributed by atoms with Crippen molar-refractivity contribution >= 4 is 21.8 Å². The molecule has 0 spiro atoms. The molecule has 10 aromatic rings. The number of hydrogen-bond donors (Lipinski definition) is 0. The maximum Gasteiger partial charge on any atom is 0.166 e. The minimum absolute atomic E-state index is 0.561. The Morgan fingerprint density at radius 1 is 0.377 bits per heavy atom. The summed E-state index contributed by atoms with van der Waals surface area (Å²) < 4.78 is 2.39. The summed E-state index contributed by atoms with van der Waals surface area (Å²) in [6.07, 6.45) is 0. The van der Waals surface area contributed by atoms with Gasteiger partial charge in [0, 0.05) is 27.5 Å². The highest BCUT2D eigenvalue weighted by Gasteiger charge is 2.22. The molecule has 0 amide bonds. The maximum atomic E-state index is 9.91. The lowest BCUT2D eigenvalue weighted by Gasteiger charge is -2.17. The summed E-state index contributed by atoms with van der Waals surface area (Å²) >= 11 is 0. The lowest BCUT2D eigenvalue weighted by atomic mass is 9.98. The van der Waals surface area contributed by atoms with Crippen molar-refractivity contribution < 1.29 is 0 Å². The quantitative estimate of drug-likeness (QED) is 0.161. The lowest BCUT2D eigenvalue weighted by Crippen LogP contribution is -2.04. The average molecular weight is 784 g/mol. The summed E-state index contributed by atoms with van der Waals surface area (Å²) in [5, 5.41) is 12.2. The third-order valence-corrected chi connectivity index (χ3v) is 11.4. The van der Waals surface area contributed by atoms with E-state index in [1.54, 1.807) is 0 Å². The van der Waals surface area contributed by atoms with Gasteiger partial charge in [-0.25, -0.2) is 15.0 Å². The van der Waals surface area contributed by atoms with E-state index in [4.69, 9.17) is 15.0 Å². The summed E-state index contributed by atoms with van der Waals surface area (Å²) in [7, 11) is 0. The van der Waals surface area contributed by atoms with Crippen LogP contribution in [0.15, 0.2) is 176 Å². The number of aromatic nitrogens is 4. The molecule has 0 atom stereocenters. The van der Waals surface area contributed by atoms with Crippen LogP contribution in [0.4, 0.5) is 0 Å². The second-order valence-electron chi connectivity index (χ2n) is 16.0. The number of rotatable bonds is 7. The van der Waals surface area contributed by atoms with Crippen molar-refractivity contribution in [2.24, 2.45) is 0 Å². The van der Waals surface area contributed by atoms with E-state index in [0.29, 0.717) is 23.0 Å². The van der Waals surface area contributed by atoms with Crippen LogP contribution in [0.1, 0.15) is 27.8 Å². The minimum Gasteiger partial charge on any atom is -0.308 e. The van der Waals surface area contributed by atoms with Gasteiger partial charge in [0.1, 0.15) is 0 Å². The predicted octanol–water partition coefficient (Wildman–Crippen LogP) is 14.1. The standard InChI is InChI=1S/C56H41N5/c1-35-24-36(2)27-46(26-35)44-18-21-48-49-22-19-45(47-28-37(3)25-38(4)29-47)33-52(49)61(51(48)32-44)53-31-43(42-17-11-12-39(30-42)34-57)20-23-50(53)56-59-54(40-13-7-5-8-14-40)58-55(60-56)41-15-9-6-10-16-41/h5-33H,1-4H3. The van der Waals surface area contributed by atoms with Crippen LogP contribution in [-0.4, -0.2) is 19.5 Å². The molecule has 10 rings (SSSR count). The first-order chi connectivity index (χ1) is 29.8. The fourth-order valence-corrected chi connectivity index (χ4v) is 8.70. The van der Waals surface area contributed by atoms with E-state index in [9.17, 15) is 5.26 Å². The lowest BCUT2D eigenvalue weighted by molar-refractivity contribution is 1.06. The van der Waals surface area contributed by atoms with Gasteiger partial charge in [0.2, 0.25) is 0 Å². The minimum atomic E-state index is 0.561. The molecule has 0 saturated carbocycles. The fraction of sp³-hybridized carbons (Fsp3) is 0.0714. The Morgan fingerprint density at radius 3 is 1.33 bits per heavy atom. The molecule has 0 aliphatic rings. The Balaban J connectivity index is 1.32. The van der Waals surface area contributed by atoms with E-state index in [-0.39, 0.29) is 0 Å². The van der Waals surface area contributed by atoms with Gasteiger partial charge in [-0.15, -0.1) is 0 Å². The van der Waals surface area contributed by atoms with E-state index in [0.717, 1.165) is 66.4 Å². The Labute approximate surface area is 355 Å². The second kappa shape index (κ2) is 15.3. The number of fused-ring (bicyclic) bond motifs is 3. The zero-order valence-corrected chi connectivity index (χ0v) is 34.5. The molecule has 0 radical (unpaired) electrons.